The van der Waals surface area contributed by atoms with E-state index < -0.39 is 4.92 Å². The van der Waals surface area contributed by atoms with E-state index in [2.05, 4.69) is 15.4 Å². The molecule has 20 heavy (non-hydrogen) atoms. The van der Waals surface area contributed by atoms with Gasteiger partial charge in [0.2, 0.25) is 0 Å². The van der Waals surface area contributed by atoms with Gasteiger partial charge in [-0.25, -0.2) is 15.8 Å². The van der Waals surface area contributed by atoms with E-state index in [4.69, 9.17) is 5.84 Å². The summed E-state index contributed by atoms with van der Waals surface area (Å²) in [5.41, 5.74) is 2.55. The zero-order chi connectivity index (χ0) is 14.5. The molecule has 0 aliphatic rings. The van der Waals surface area contributed by atoms with Gasteiger partial charge in [-0.1, -0.05) is 23.5 Å². The highest BCUT2D eigenvalue weighted by molar-refractivity contribution is 7.99. The van der Waals surface area contributed by atoms with Gasteiger partial charge in [0.05, 0.1) is 4.92 Å². The minimum absolute atomic E-state index is 0.0613. The quantitative estimate of drug-likeness (QED) is 0.217. The van der Waals surface area contributed by atoms with Crippen molar-refractivity contribution in [3.05, 3.63) is 40.4 Å². The van der Waals surface area contributed by atoms with Crippen LogP contribution in [-0.4, -0.2) is 21.1 Å². The van der Waals surface area contributed by atoms with Crippen LogP contribution in [0, 0.1) is 10.1 Å². The highest BCUT2D eigenvalue weighted by Gasteiger charge is 2.08. The summed E-state index contributed by atoms with van der Waals surface area (Å²) in [5, 5.41) is 11.9. The van der Waals surface area contributed by atoms with E-state index in [1.165, 1.54) is 35.7 Å². The maximum absolute atomic E-state index is 10.6. The standard InChI is InChI=1S/C11H11N5O2S2/c1-19-11-13-9(15-12)6-10(14-11)20-8-4-2-7(3-5-8)16(17)18/h2-6H,12H2,1H3,(H,13,14,15). The van der Waals surface area contributed by atoms with Gasteiger partial charge < -0.3 is 5.43 Å². The Morgan fingerprint density at radius 1 is 1.30 bits per heavy atom. The number of nitro groups is 1. The second-order valence-electron chi connectivity index (χ2n) is 3.58. The summed E-state index contributed by atoms with van der Waals surface area (Å²) in [4.78, 5) is 19.5. The van der Waals surface area contributed by atoms with Crippen LogP contribution in [0.4, 0.5) is 11.5 Å². The largest absolute Gasteiger partial charge is 0.308 e. The van der Waals surface area contributed by atoms with E-state index in [-0.39, 0.29) is 5.69 Å². The van der Waals surface area contributed by atoms with Gasteiger partial charge in [-0.15, -0.1) is 0 Å². The first-order valence-electron chi connectivity index (χ1n) is 5.44. The Morgan fingerprint density at radius 2 is 2.00 bits per heavy atom. The molecule has 0 radical (unpaired) electrons. The molecule has 0 unspecified atom stereocenters. The monoisotopic (exact) mass is 309 g/mol. The Bertz CT molecular complexity index is 598. The molecular weight excluding hydrogens is 298 g/mol. The van der Waals surface area contributed by atoms with Crippen molar-refractivity contribution in [1.29, 1.82) is 0 Å². The predicted octanol–water partition coefficient (Wildman–Crippen LogP) is 2.54. The minimum Gasteiger partial charge on any atom is -0.308 e. The predicted molar refractivity (Wildman–Crippen MR) is 78.8 cm³/mol. The van der Waals surface area contributed by atoms with Crippen LogP contribution >= 0.6 is 23.5 Å². The number of rotatable bonds is 5. The fourth-order valence-corrected chi connectivity index (χ4v) is 2.63. The van der Waals surface area contributed by atoms with E-state index in [1.807, 2.05) is 6.26 Å². The van der Waals surface area contributed by atoms with Crippen molar-refractivity contribution in [2.45, 2.75) is 15.1 Å². The summed E-state index contributed by atoms with van der Waals surface area (Å²) >= 11 is 2.79. The third-order valence-electron chi connectivity index (χ3n) is 2.28. The minimum atomic E-state index is -0.429. The number of hydrogen-bond donors (Lipinski definition) is 2. The molecule has 0 saturated heterocycles. The SMILES string of the molecule is CSc1nc(NN)cc(Sc2ccc([N+](=O)[O-])cc2)n1. The third-order valence-corrected chi connectivity index (χ3v) is 3.76. The van der Waals surface area contributed by atoms with Crippen molar-refractivity contribution in [3.8, 4) is 0 Å². The lowest BCUT2D eigenvalue weighted by atomic mass is 10.3. The van der Waals surface area contributed by atoms with Crippen molar-refractivity contribution < 1.29 is 4.92 Å². The summed E-state index contributed by atoms with van der Waals surface area (Å²) < 4.78 is 0. The molecule has 0 amide bonds. The molecular formula is C11H11N5O2S2. The van der Waals surface area contributed by atoms with Crippen LogP contribution in [0.15, 0.2) is 45.4 Å². The number of nitrogens with zero attached hydrogens (tertiary/aromatic N) is 3. The molecule has 2 aromatic rings. The number of nitrogens with one attached hydrogen (secondary N) is 1. The normalized spacial score (nSPS) is 10.3. The van der Waals surface area contributed by atoms with Crippen molar-refractivity contribution >= 4 is 35.0 Å². The number of non-ortho nitro benzene ring substituents is 1. The van der Waals surface area contributed by atoms with Crippen LogP contribution < -0.4 is 11.3 Å². The van der Waals surface area contributed by atoms with Gasteiger partial charge >= 0.3 is 0 Å². The Hall–Kier alpha value is -1.84. The van der Waals surface area contributed by atoms with Gasteiger partial charge in [0.25, 0.3) is 5.69 Å². The summed E-state index contributed by atoms with van der Waals surface area (Å²) in [6.45, 7) is 0. The maximum atomic E-state index is 10.6. The topological polar surface area (TPSA) is 107 Å². The molecule has 0 spiro atoms. The molecule has 7 nitrogen and oxygen atoms in total. The molecule has 1 heterocycles. The van der Waals surface area contributed by atoms with Gasteiger partial charge in [-0.05, 0) is 18.4 Å². The molecule has 3 N–H and O–H groups in total. The first kappa shape index (κ1) is 14.6. The highest BCUT2D eigenvalue weighted by Crippen LogP contribution is 2.29. The summed E-state index contributed by atoms with van der Waals surface area (Å²) in [6, 6.07) is 7.99. The van der Waals surface area contributed by atoms with Crippen molar-refractivity contribution in [1.82, 2.24) is 9.97 Å². The fourth-order valence-electron chi connectivity index (χ4n) is 1.38. The number of hydrogen-bond acceptors (Lipinski definition) is 8. The molecule has 0 fully saturated rings. The second kappa shape index (κ2) is 6.55. The number of nitrogen functional groups attached to an aromatic ring is 1. The Kier molecular flexibility index (Phi) is 4.77. The maximum Gasteiger partial charge on any atom is 0.269 e. The van der Waals surface area contributed by atoms with Crippen LogP contribution in [0.1, 0.15) is 0 Å². The summed E-state index contributed by atoms with van der Waals surface area (Å²) in [6.07, 6.45) is 1.87. The average Bonchev–Trinajstić information content (AvgIpc) is 2.47. The number of benzene rings is 1. The van der Waals surface area contributed by atoms with Gasteiger partial charge in [-0.3, -0.25) is 10.1 Å². The molecule has 0 aliphatic heterocycles. The van der Waals surface area contributed by atoms with Gasteiger partial charge in [0.1, 0.15) is 10.8 Å². The van der Waals surface area contributed by atoms with Crippen LogP contribution in [0.25, 0.3) is 0 Å². The molecule has 1 aromatic carbocycles. The Balaban J connectivity index is 2.22. The molecule has 2 rings (SSSR count). The van der Waals surface area contributed by atoms with E-state index in [1.54, 1.807) is 18.2 Å². The van der Waals surface area contributed by atoms with Crippen molar-refractivity contribution in [3.63, 3.8) is 0 Å². The number of thioether (sulfide) groups is 1. The first-order chi connectivity index (χ1) is 9.62. The lowest BCUT2D eigenvalue weighted by Crippen LogP contribution is -2.09. The number of anilines is 1. The molecule has 0 atom stereocenters. The van der Waals surface area contributed by atoms with Gasteiger partial charge in [0.15, 0.2) is 5.16 Å². The smallest absolute Gasteiger partial charge is 0.269 e. The molecule has 0 saturated carbocycles. The molecule has 0 bridgehead atoms. The Labute approximate surface area is 123 Å². The van der Waals surface area contributed by atoms with Gasteiger partial charge in [0, 0.05) is 23.1 Å². The summed E-state index contributed by atoms with van der Waals surface area (Å²) in [5.74, 6) is 5.88. The molecule has 0 aliphatic carbocycles. The zero-order valence-electron chi connectivity index (χ0n) is 10.4. The number of hydrazine groups is 1. The lowest BCUT2D eigenvalue weighted by molar-refractivity contribution is -0.384. The number of nitro benzene ring substituents is 1. The van der Waals surface area contributed by atoms with Crippen LogP contribution in [0.2, 0.25) is 0 Å². The molecule has 1 aromatic heterocycles. The highest BCUT2D eigenvalue weighted by atomic mass is 32.2. The fraction of sp³-hybridized carbons (Fsp3) is 0.0909. The van der Waals surface area contributed by atoms with E-state index in [9.17, 15) is 10.1 Å². The lowest BCUT2D eigenvalue weighted by Gasteiger charge is -2.05. The zero-order valence-corrected chi connectivity index (χ0v) is 12.1. The number of aromatic nitrogens is 2. The van der Waals surface area contributed by atoms with Gasteiger partial charge in [-0.2, -0.15) is 0 Å². The van der Waals surface area contributed by atoms with E-state index >= 15 is 0 Å². The van der Waals surface area contributed by atoms with Crippen LogP contribution in [0.5, 0.6) is 0 Å². The second-order valence-corrected chi connectivity index (χ2v) is 5.44. The molecule has 9 heteroatoms. The third kappa shape index (κ3) is 3.59. The van der Waals surface area contributed by atoms with E-state index in [0.29, 0.717) is 16.0 Å². The van der Waals surface area contributed by atoms with Crippen molar-refractivity contribution in [2.75, 3.05) is 11.7 Å². The van der Waals surface area contributed by atoms with E-state index in [0.717, 1.165) is 4.90 Å². The number of nitrogens with two attached hydrogens (primary N) is 1. The summed E-state index contributed by atoms with van der Waals surface area (Å²) in [7, 11) is 0. The van der Waals surface area contributed by atoms with Crippen molar-refractivity contribution in [2.24, 2.45) is 5.84 Å². The van der Waals surface area contributed by atoms with Crippen LogP contribution in [0.3, 0.4) is 0 Å². The Morgan fingerprint density at radius 3 is 2.55 bits per heavy atom. The average molecular weight is 309 g/mol. The first-order valence-corrected chi connectivity index (χ1v) is 7.48. The van der Waals surface area contributed by atoms with Crippen LogP contribution in [-0.2, 0) is 0 Å². The molecule has 104 valence electrons.